The molecule has 0 amide bonds. The van der Waals surface area contributed by atoms with Gasteiger partial charge in [0.05, 0.1) is 0 Å². The third-order valence-electron chi connectivity index (χ3n) is 2.22. The molecule has 11 heavy (non-hydrogen) atoms. The number of hydrogen-bond acceptors (Lipinski definition) is 1. The highest BCUT2D eigenvalue weighted by molar-refractivity contribution is 5.90. The molecular formula is C10H14O. The van der Waals surface area contributed by atoms with Gasteiger partial charge in [0, 0.05) is 6.42 Å². The van der Waals surface area contributed by atoms with E-state index in [1.54, 1.807) is 6.08 Å². The average molecular weight is 150 g/mol. The highest BCUT2D eigenvalue weighted by atomic mass is 16.1. The number of ketones is 1. The van der Waals surface area contributed by atoms with Crippen LogP contribution >= 0.6 is 0 Å². The Morgan fingerprint density at radius 2 is 2.55 bits per heavy atom. The van der Waals surface area contributed by atoms with Crippen molar-refractivity contribution >= 4 is 5.78 Å². The van der Waals surface area contributed by atoms with E-state index in [-0.39, 0.29) is 11.2 Å². The van der Waals surface area contributed by atoms with Crippen molar-refractivity contribution in [1.29, 1.82) is 0 Å². The predicted molar refractivity (Wildman–Crippen MR) is 46.3 cm³/mol. The van der Waals surface area contributed by atoms with E-state index in [0.717, 1.165) is 12.8 Å². The van der Waals surface area contributed by atoms with Crippen molar-refractivity contribution in [2.45, 2.75) is 26.2 Å². The molecule has 1 nitrogen and oxygen atoms in total. The Bertz CT molecular complexity index is 203. The zero-order valence-electron chi connectivity index (χ0n) is 6.97. The lowest BCUT2D eigenvalue weighted by Crippen LogP contribution is -2.18. The molecule has 0 heterocycles. The molecule has 0 unspecified atom stereocenters. The molecule has 0 aromatic rings. The molecule has 0 saturated carbocycles. The van der Waals surface area contributed by atoms with Crippen LogP contribution in [0.15, 0.2) is 24.8 Å². The van der Waals surface area contributed by atoms with Crippen LogP contribution in [0.2, 0.25) is 0 Å². The smallest absolute Gasteiger partial charge is 0.155 e. The Morgan fingerprint density at radius 1 is 1.82 bits per heavy atom. The van der Waals surface area contributed by atoms with Crippen LogP contribution < -0.4 is 0 Å². The maximum Gasteiger partial charge on any atom is 0.155 e. The highest BCUT2D eigenvalue weighted by Gasteiger charge is 2.23. The molecule has 1 rings (SSSR count). The van der Waals surface area contributed by atoms with E-state index in [2.05, 4.69) is 13.5 Å². The third kappa shape index (κ3) is 2.04. The largest absolute Gasteiger partial charge is 0.295 e. The van der Waals surface area contributed by atoms with Crippen LogP contribution in [-0.4, -0.2) is 5.78 Å². The van der Waals surface area contributed by atoms with Gasteiger partial charge in [-0.05, 0) is 24.3 Å². The molecule has 1 heteroatoms. The minimum atomic E-state index is 0.190. The number of allylic oxidation sites excluding steroid dienone is 3. The van der Waals surface area contributed by atoms with Gasteiger partial charge in [0.15, 0.2) is 5.78 Å². The van der Waals surface area contributed by atoms with E-state index in [4.69, 9.17) is 0 Å². The molecule has 0 fully saturated rings. The Hall–Kier alpha value is -0.850. The van der Waals surface area contributed by atoms with E-state index in [1.807, 2.05) is 12.2 Å². The van der Waals surface area contributed by atoms with Gasteiger partial charge in [-0.1, -0.05) is 19.1 Å². The maximum atomic E-state index is 10.8. The molecular weight excluding hydrogens is 136 g/mol. The Balaban J connectivity index is 2.66. The van der Waals surface area contributed by atoms with Gasteiger partial charge in [-0.25, -0.2) is 0 Å². The first-order chi connectivity index (χ1) is 5.16. The van der Waals surface area contributed by atoms with E-state index >= 15 is 0 Å². The van der Waals surface area contributed by atoms with Gasteiger partial charge in [-0.3, -0.25) is 4.79 Å². The lowest BCUT2D eigenvalue weighted by Gasteiger charge is -2.26. The molecule has 0 saturated heterocycles. The molecule has 0 aromatic carbocycles. The summed E-state index contributed by atoms with van der Waals surface area (Å²) in [6.07, 6.45) is 8.26. The van der Waals surface area contributed by atoms with Crippen molar-refractivity contribution < 1.29 is 4.79 Å². The molecule has 1 aliphatic carbocycles. The molecule has 60 valence electrons. The quantitative estimate of drug-likeness (QED) is 0.553. The number of rotatable bonds is 2. The molecule has 0 bridgehead atoms. The van der Waals surface area contributed by atoms with Gasteiger partial charge in [0.25, 0.3) is 0 Å². The topological polar surface area (TPSA) is 17.1 Å². The van der Waals surface area contributed by atoms with Gasteiger partial charge < -0.3 is 0 Å². The molecule has 1 aliphatic rings. The van der Waals surface area contributed by atoms with Crippen LogP contribution in [0.5, 0.6) is 0 Å². The first-order valence-corrected chi connectivity index (χ1v) is 3.99. The molecule has 0 aromatic heterocycles. The van der Waals surface area contributed by atoms with Crippen molar-refractivity contribution in [2.75, 3.05) is 0 Å². The normalized spacial score (nSPS) is 30.5. The number of hydrogen-bond donors (Lipinski definition) is 0. The van der Waals surface area contributed by atoms with E-state index in [0.29, 0.717) is 6.42 Å². The van der Waals surface area contributed by atoms with Crippen LogP contribution in [0.4, 0.5) is 0 Å². The number of carbonyl (C=O) groups excluding carboxylic acids is 1. The SMILES string of the molecule is C=CC[C@@]1(C)C=CC(=O)CC1. The summed E-state index contributed by atoms with van der Waals surface area (Å²) in [5.41, 5.74) is 0.190. The second kappa shape index (κ2) is 3.04. The first kappa shape index (κ1) is 8.25. The van der Waals surface area contributed by atoms with Gasteiger partial charge in [-0.2, -0.15) is 0 Å². The summed E-state index contributed by atoms with van der Waals surface area (Å²) in [6, 6.07) is 0. The van der Waals surface area contributed by atoms with Crippen molar-refractivity contribution in [3.63, 3.8) is 0 Å². The molecule has 0 aliphatic heterocycles. The standard InChI is InChI=1S/C10H14O/c1-3-6-10(2)7-4-9(11)5-8-10/h3-4,7H,1,5-6,8H2,2H3/t10-/m0/s1. The summed E-state index contributed by atoms with van der Waals surface area (Å²) in [5, 5.41) is 0. The Morgan fingerprint density at radius 3 is 3.00 bits per heavy atom. The van der Waals surface area contributed by atoms with Gasteiger partial charge in [-0.15, -0.1) is 6.58 Å². The lowest BCUT2D eigenvalue weighted by molar-refractivity contribution is -0.115. The third-order valence-corrected chi connectivity index (χ3v) is 2.22. The van der Waals surface area contributed by atoms with E-state index in [9.17, 15) is 4.79 Å². The average Bonchev–Trinajstić information content (AvgIpc) is 1.97. The monoisotopic (exact) mass is 150 g/mol. The van der Waals surface area contributed by atoms with E-state index in [1.165, 1.54) is 0 Å². The van der Waals surface area contributed by atoms with Crippen LogP contribution in [0, 0.1) is 5.41 Å². The van der Waals surface area contributed by atoms with Gasteiger partial charge >= 0.3 is 0 Å². The summed E-state index contributed by atoms with van der Waals surface area (Å²) >= 11 is 0. The predicted octanol–water partition coefficient (Wildman–Crippen LogP) is 2.49. The summed E-state index contributed by atoms with van der Waals surface area (Å²) in [6.45, 7) is 5.86. The maximum absolute atomic E-state index is 10.8. The zero-order valence-corrected chi connectivity index (χ0v) is 6.97. The van der Waals surface area contributed by atoms with Gasteiger partial charge in [0.2, 0.25) is 0 Å². The molecule has 0 spiro atoms. The molecule has 0 N–H and O–H groups in total. The van der Waals surface area contributed by atoms with Crippen molar-refractivity contribution in [2.24, 2.45) is 5.41 Å². The summed E-state index contributed by atoms with van der Waals surface area (Å²) in [4.78, 5) is 10.8. The summed E-state index contributed by atoms with van der Waals surface area (Å²) in [7, 11) is 0. The minimum absolute atomic E-state index is 0.190. The van der Waals surface area contributed by atoms with Crippen LogP contribution in [-0.2, 0) is 4.79 Å². The lowest BCUT2D eigenvalue weighted by atomic mass is 9.78. The fraction of sp³-hybridized carbons (Fsp3) is 0.500. The minimum Gasteiger partial charge on any atom is -0.295 e. The van der Waals surface area contributed by atoms with Crippen molar-refractivity contribution in [1.82, 2.24) is 0 Å². The highest BCUT2D eigenvalue weighted by Crippen LogP contribution is 2.32. The zero-order chi connectivity index (χ0) is 8.32. The van der Waals surface area contributed by atoms with Crippen LogP contribution in [0.1, 0.15) is 26.2 Å². The Labute approximate surface area is 67.8 Å². The Kier molecular flexibility index (Phi) is 2.28. The fourth-order valence-electron chi connectivity index (χ4n) is 1.37. The second-order valence-electron chi connectivity index (χ2n) is 3.45. The molecule has 0 radical (unpaired) electrons. The molecule has 1 atom stereocenters. The summed E-state index contributed by atoms with van der Waals surface area (Å²) in [5.74, 6) is 0.256. The van der Waals surface area contributed by atoms with Crippen LogP contribution in [0.25, 0.3) is 0 Å². The van der Waals surface area contributed by atoms with Crippen molar-refractivity contribution in [3.8, 4) is 0 Å². The summed E-state index contributed by atoms with van der Waals surface area (Å²) < 4.78 is 0. The van der Waals surface area contributed by atoms with Gasteiger partial charge in [0.1, 0.15) is 0 Å². The van der Waals surface area contributed by atoms with Crippen LogP contribution in [0.3, 0.4) is 0 Å². The number of carbonyl (C=O) groups is 1. The van der Waals surface area contributed by atoms with E-state index < -0.39 is 0 Å². The van der Waals surface area contributed by atoms with Crippen molar-refractivity contribution in [3.05, 3.63) is 24.8 Å². The second-order valence-corrected chi connectivity index (χ2v) is 3.45. The first-order valence-electron chi connectivity index (χ1n) is 3.99. The fourth-order valence-corrected chi connectivity index (χ4v) is 1.37.